The molecule has 24 heavy (non-hydrogen) atoms. The molecule has 0 saturated carbocycles. The Balaban J connectivity index is 1.88. The highest BCUT2D eigenvalue weighted by atomic mass is 32.2. The molecule has 0 atom stereocenters. The molecule has 8 nitrogen and oxygen atoms in total. The van der Waals surface area contributed by atoms with Crippen LogP contribution >= 0.6 is 0 Å². The molecule has 1 heterocycles. The summed E-state index contributed by atoms with van der Waals surface area (Å²) in [5.74, 6) is -0.235. The molecule has 0 saturated heterocycles. The number of nitrogens with zero attached hydrogens (tertiary/aromatic N) is 1. The summed E-state index contributed by atoms with van der Waals surface area (Å²) in [6.45, 7) is 1.68. The van der Waals surface area contributed by atoms with E-state index >= 15 is 0 Å². The van der Waals surface area contributed by atoms with Gasteiger partial charge in [0.15, 0.2) is 11.5 Å². The van der Waals surface area contributed by atoms with Gasteiger partial charge in [0.1, 0.15) is 5.52 Å². The number of hydrogen-bond donors (Lipinski definition) is 3. The number of amides is 1. The maximum Gasteiger partial charge on any atom is 0.274 e. The van der Waals surface area contributed by atoms with E-state index in [2.05, 4.69) is 9.71 Å². The van der Waals surface area contributed by atoms with Crippen LogP contribution < -0.4 is 10.2 Å². The zero-order chi connectivity index (χ0) is 17.3. The van der Waals surface area contributed by atoms with Crippen LogP contribution in [0.2, 0.25) is 0 Å². The van der Waals surface area contributed by atoms with Crippen LogP contribution in [0.3, 0.4) is 0 Å². The van der Waals surface area contributed by atoms with Crippen LogP contribution in [-0.2, 0) is 10.0 Å². The summed E-state index contributed by atoms with van der Waals surface area (Å²) in [6.07, 6.45) is 0. The maximum absolute atomic E-state index is 12.4. The number of carbonyl (C=O) groups excluding carboxylic acids is 1. The second kappa shape index (κ2) is 5.95. The number of aryl methyl sites for hydroxylation is 1. The molecule has 0 spiro atoms. The summed E-state index contributed by atoms with van der Waals surface area (Å²) in [6, 6.07) is 9.98. The Bertz CT molecular complexity index is 1010. The molecule has 0 radical (unpaired) electrons. The first kappa shape index (κ1) is 16.0. The number of anilines is 1. The Hall–Kier alpha value is -2.91. The monoisotopic (exact) mass is 347 g/mol. The normalized spacial score (nSPS) is 11.4. The molecule has 1 amide bonds. The van der Waals surface area contributed by atoms with Crippen LogP contribution in [0.1, 0.15) is 16.2 Å². The predicted molar refractivity (Wildman–Crippen MR) is 85.2 cm³/mol. The van der Waals surface area contributed by atoms with E-state index in [-0.39, 0.29) is 16.1 Å². The highest BCUT2D eigenvalue weighted by Crippen LogP contribution is 2.22. The number of sulfonamides is 1. The van der Waals surface area contributed by atoms with E-state index in [4.69, 9.17) is 9.62 Å². The molecule has 0 unspecified atom stereocenters. The minimum atomic E-state index is -3.82. The number of hydrogen-bond acceptors (Lipinski definition) is 6. The molecule has 3 N–H and O–H groups in total. The second-order valence-electron chi connectivity index (χ2n) is 4.99. The Kier molecular flexibility index (Phi) is 3.96. The Morgan fingerprint density at radius 3 is 2.54 bits per heavy atom. The molecule has 0 aliphatic heterocycles. The summed E-state index contributed by atoms with van der Waals surface area (Å²) in [5, 5.41) is 8.56. The van der Waals surface area contributed by atoms with E-state index in [1.165, 1.54) is 41.9 Å². The Morgan fingerprint density at radius 2 is 1.88 bits per heavy atom. The third-order valence-electron chi connectivity index (χ3n) is 3.28. The lowest BCUT2D eigenvalue weighted by molar-refractivity contribution is 0.0706. The van der Waals surface area contributed by atoms with Gasteiger partial charge in [0.05, 0.1) is 4.90 Å². The summed E-state index contributed by atoms with van der Waals surface area (Å²) in [7, 11) is -3.82. The first-order chi connectivity index (χ1) is 11.4. The quantitative estimate of drug-likeness (QED) is 0.490. The van der Waals surface area contributed by atoms with Gasteiger partial charge in [-0.25, -0.2) is 18.9 Å². The van der Waals surface area contributed by atoms with Gasteiger partial charge in [-0.1, -0.05) is 0 Å². The third-order valence-corrected chi connectivity index (χ3v) is 4.66. The van der Waals surface area contributed by atoms with Crippen molar-refractivity contribution < 1.29 is 22.8 Å². The number of fused-ring (bicyclic) bond motifs is 1. The third kappa shape index (κ3) is 3.07. The molecule has 3 rings (SSSR count). The number of hydroxylamine groups is 1. The van der Waals surface area contributed by atoms with Gasteiger partial charge in [0, 0.05) is 24.2 Å². The fraction of sp³-hybridized carbons (Fsp3) is 0.0667. The van der Waals surface area contributed by atoms with Crippen molar-refractivity contribution in [2.45, 2.75) is 11.8 Å². The highest BCUT2D eigenvalue weighted by Gasteiger charge is 2.16. The molecule has 1 aromatic heterocycles. The summed E-state index contributed by atoms with van der Waals surface area (Å²) >= 11 is 0. The molecule has 3 aromatic rings. The van der Waals surface area contributed by atoms with Gasteiger partial charge in [-0.15, -0.1) is 0 Å². The second-order valence-corrected chi connectivity index (χ2v) is 6.67. The Morgan fingerprint density at radius 1 is 1.17 bits per heavy atom. The lowest BCUT2D eigenvalue weighted by Crippen LogP contribution is -2.18. The van der Waals surface area contributed by atoms with Crippen LogP contribution in [0.4, 0.5) is 5.69 Å². The Labute approximate surface area is 137 Å². The van der Waals surface area contributed by atoms with Crippen LogP contribution in [0.15, 0.2) is 51.8 Å². The highest BCUT2D eigenvalue weighted by molar-refractivity contribution is 7.92. The number of carbonyl (C=O) groups is 1. The number of rotatable bonds is 4. The zero-order valence-electron chi connectivity index (χ0n) is 12.5. The molecule has 124 valence electrons. The molecule has 2 aromatic carbocycles. The molecule has 0 aliphatic carbocycles. The van der Waals surface area contributed by atoms with Crippen molar-refractivity contribution in [1.29, 1.82) is 0 Å². The number of benzene rings is 2. The van der Waals surface area contributed by atoms with Crippen molar-refractivity contribution in [3.05, 3.63) is 53.9 Å². The van der Waals surface area contributed by atoms with Gasteiger partial charge in [0.25, 0.3) is 15.9 Å². The van der Waals surface area contributed by atoms with Crippen LogP contribution in [0.5, 0.6) is 0 Å². The molecule has 9 heteroatoms. The number of oxazole rings is 1. The van der Waals surface area contributed by atoms with Gasteiger partial charge in [-0.2, -0.15) is 0 Å². The fourth-order valence-electron chi connectivity index (χ4n) is 2.16. The summed E-state index contributed by atoms with van der Waals surface area (Å²) in [5.41, 5.74) is 2.92. The average Bonchev–Trinajstić information content (AvgIpc) is 2.93. The zero-order valence-corrected chi connectivity index (χ0v) is 13.3. The van der Waals surface area contributed by atoms with Crippen LogP contribution in [-0.4, -0.2) is 24.5 Å². The average molecular weight is 347 g/mol. The van der Waals surface area contributed by atoms with E-state index in [1.54, 1.807) is 13.0 Å². The molecular weight excluding hydrogens is 334 g/mol. The summed E-state index contributed by atoms with van der Waals surface area (Å²) < 4.78 is 32.6. The van der Waals surface area contributed by atoms with Gasteiger partial charge in [0.2, 0.25) is 0 Å². The molecule has 0 aliphatic rings. The van der Waals surface area contributed by atoms with Crippen molar-refractivity contribution in [2.24, 2.45) is 0 Å². The van der Waals surface area contributed by atoms with Crippen LogP contribution in [0.25, 0.3) is 11.1 Å². The predicted octanol–water partition coefficient (Wildman–Crippen LogP) is 2.06. The van der Waals surface area contributed by atoms with E-state index < -0.39 is 15.9 Å². The minimum Gasteiger partial charge on any atom is -0.441 e. The molecule has 0 bridgehead atoms. The first-order valence-electron chi connectivity index (χ1n) is 6.83. The van der Waals surface area contributed by atoms with Crippen molar-refractivity contribution in [3.63, 3.8) is 0 Å². The van der Waals surface area contributed by atoms with Crippen LogP contribution in [0, 0.1) is 6.92 Å². The standard InChI is InChI=1S/C15H13N3O5S/c1-9-16-13-7-6-12(8-14(13)23-9)24(21,22)18-11-4-2-10(3-5-11)15(19)17-20/h2-8,18,20H,1H3,(H,17,19). The molecule has 0 fully saturated rings. The maximum atomic E-state index is 12.4. The number of nitrogens with one attached hydrogen (secondary N) is 2. The molecular formula is C15H13N3O5S. The first-order valence-corrected chi connectivity index (χ1v) is 8.32. The van der Waals surface area contributed by atoms with Crippen molar-refractivity contribution >= 4 is 32.7 Å². The van der Waals surface area contributed by atoms with Crippen molar-refractivity contribution in [2.75, 3.05) is 4.72 Å². The van der Waals surface area contributed by atoms with Gasteiger partial charge in [-0.3, -0.25) is 14.7 Å². The van der Waals surface area contributed by atoms with E-state index in [0.717, 1.165) is 0 Å². The van der Waals surface area contributed by atoms with Crippen molar-refractivity contribution in [1.82, 2.24) is 10.5 Å². The SMILES string of the molecule is Cc1nc2ccc(S(=O)(=O)Nc3ccc(C(=O)NO)cc3)cc2o1. The van der Waals surface area contributed by atoms with E-state index in [0.29, 0.717) is 17.0 Å². The lowest BCUT2D eigenvalue weighted by atomic mass is 10.2. The van der Waals surface area contributed by atoms with Gasteiger partial charge < -0.3 is 4.42 Å². The smallest absolute Gasteiger partial charge is 0.274 e. The largest absolute Gasteiger partial charge is 0.441 e. The van der Waals surface area contributed by atoms with Gasteiger partial charge in [-0.05, 0) is 36.4 Å². The van der Waals surface area contributed by atoms with E-state index in [1.807, 2.05) is 0 Å². The topological polar surface area (TPSA) is 122 Å². The minimum absolute atomic E-state index is 0.0309. The van der Waals surface area contributed by atoms with Crippen molar-refractivity contribution in [3.8, 4) is 0 Å². The summed E-state index contributed by atoms with van der Waals surface area (Å²) in [4.78, 5) is 15.4. The number of aromatic nitrogens is 1. The van der Waals surface area contributed by atoms with Gasteiger partial charge >= 0.3 is 0 Å². The fourth-order valence-corrected chi connectivity index (χ4v) is 3.23. The lowest BCUT2D eigenvalue weighted by Gasteiger charge is -2.08. The van der Waals surface area contributed by atoms with E-state index in [9.17, 15) is 13.2 Å².